The maximum atomic E-state index is 5.09. The van der Waals surface area contributed by atoms with Crippen LogP contribution in [0.5, 0.6) is 0 Å². The highest BCUT2D eigenvalue weighted by molar-refractivity contribution is 5.23. The Kier molecular flexibility index (Phi) is 6.94. The summed E-state index contributed by atoms with van der Waals surface area (Å²) < 4.78 is 5.09. The predicted octanol–water partition coefficient (Wildman–Crippen LogP) is 2.26. The van der Waals surface area contributed by atoms with Crippen molar-refractivity contribution in [1.82, 2.24) is 10.2 Å². The first-order chi connectivity index (χ1) is 8.61. The molecular formula is C15H26N2O. The first-order valence-corrected chi connectivity index (χ1v) is 6.60. The molecule has 0 unspecified atom stereocenters. The summed E-state index contributed by atoms with van der Waals surface area (Å²) in [5, 5.41) is 3.44. The molecule has 0 atom stereocenters. The Morgan fingerprint density at radius 1 is 1.28 bits per heavy atom. The third kappa shape index (κ3) is 6.15. The van der Waals surface area contributed by atoms with Gasteiger partial charge in [0, 0.05) is 32.8 Å². The van der Waals surface area contributed by atoms with E-state index in [1.54, 1.807) is 7.11 Å². The number of nitrogens with zero attached hydrogens (tertiary/aromatic N) is 1. The normalized spacial score (nSPS) is 11.4. The van der Waals surface area contributed by atoms with E-state index < -0.39 is 0 Å². The fourth-order valence-corrected chi connectivity index (χ4v) is 1.80. The minimum Gasteiger partial charge on any atom is -0.383 e. The SMILES string of the molecule is COCCN(C)Cc1cccc(CNC(C)C)c1. The second-order valence-electron chi connectivity index (χ2n) is 5.09. The van der Waals surface area contributed by atoms with E-state index in [-0.39, 0.29) is 0 Å². The Bertz CT molecular complexity index is 339. The van der Waals surface area contributed by atoms with Crippen molar-refractivity contribution in [3.8, 4) is 0 Å². The predicted molar refractivity (Wildman–Crippen MR) is 76.6 cm³/mol. The van der Waals surface area contributed by atoms with E-state index in [9.17, 15) is 0 Å². The van der Waals surface area contributed by atoms with Crippen LogP contribution in [-0.4, -0.2) is 38.3 Å². The largest absolute Gasteiger partial charge is 0.383 e. The molecule has 1 aromatic rings. The van der Waals surface area contributed by atoms with Gasteiger partial charge in [0.2, 0.25) is 0 Å². The fraction of sp³-hybridized carbons (Fsp3) is 0.600. The highest BCUT2D eigenvalue weighted by atomic mass is 16.5. The van der Waals surface area contributed by atoms with E-state index in [4.69, 9.17) is 4.74 Å². The van der Waals surface area contributed by atoms with Gasteiger partial charge in [-0.1, -0.05) is 38.1 Å². The summed E-state index contributed by atoms with van der Waals surface area (Å²) in [6.45, 7) is 7.99. The van der Waals surface area contributed by atoms with Gasteiger partial charge in [-0.05, 0) is 18.2 Å². The molecule has 1 N–H and O–H groups in total. The number of rotatable bonds is 8. The minimum atomic E-state index is 0.526. The lowest BCUT2D eigenvalue weighted by Gasteiger charge is -2.17. The van der Waals surface area contributed by atoms with Crippen LogP contribution in [-0.2, 0) is 17.8 Å². The third-order valence-electron chi connectivity index (χ3n) is 2.84. The summed E-state index contributed by atoms with van der Waals surface area (Å²) in [5.74, 6) is 0. The second kappa shape index (κ2) is 8.25. The van der Waals surface area contributed by atoms with Gasteiger partial charge in [0.1, 0.15) is 0 Å². The summed E-state index contributed by atoms with van der Waals surface area (Å²) in [6.07, 6.45) is 0. The monoisotopic (exact) mass is 250 g/mol. The van der Waals surface area contributed by atoms with Gasteiger partial charge < -0.3 is 10.1 Å². The van der Waals surface area contributed by atoms with Crippen LogP contribution >= 0.6 is 0 Å². The number of benzene rings is 1. The number of ether oxygens (including phenoxy) is 1. The Morgan fingerprint density at radius 3 is 2.67 bits per heavy atom. The molecule has 0 amide bonds. The molecule has 102 valence electrons. The quantitative estimate of drug-likeness (QED) is 0.766. The van der Waals surface area contributed by atoms with Crippen LogP contribution in [0.1, 0.15) is 25.0 Å². The van der Waals surface area contributed by atoms with Gasteiger partial charge in [-0.15, -0.1) is 0 Å². The first kappa shape index (κ1) is 15.2. The maximum Gasteiger partial charge on any atom is 0.0589 e. The van der Waals surface area contributed by atoms with Crippen molar-refractivity contribution < 1.29 is 4.74 Å². The molecule has 0 bridgehead atoms. The van der Waals surface area contributed by atoms with Crippen molar-refractivity contribution in [2.24, 2.45) is 0 Å². The molecule has 0 fully saturated rings. The number of hydrogen-bond donors (Lipinski definition) is 1. The molecule has 0 saturated heterocycles. The number of hydrogen-bond acceptors (Lipinski definition) is 3. The fourth-order valence-electron chi connectivity index (χ4n) is 1.80. The zero-order valence-electron chi connectivity index (χ0n) is 12.1. The van der Waals surface area contributed by atoms with Crippen molar-refractivity contribution in [2.45, 2.75) is 33.0 Å². The minimum absolute atomic E-state index is 0.526. The van der Waals surface area contributed by atoms with Crippen LogP contribution in [0.25, 0.3) is 0 Å². The van der Waals surface area contributed by atoms with Crippen LogP contribution < -0.4 is 5.32 Å². The zero-order chi connectivity index (χ0) is 13.4. The first-order valence-electron chi connectivity index (χ1n) is 6.60. The van der Waals surface area contributed by atoms with Gasteiger partial charge in [-0.25, -0.2) is 0 Å². The molecule has 1 aromatic carbocycles. The number of nitrogens with one attached hydrogen (secondary N) is 1. The molecule has 0 radical (unpaired) electrons. The third-order valence-corrected chi connectivity index (χ3v) is 2.84. The van der Waals surface area contributed by atoms with Gasteiger partial charge in [0.15, 0.2) is 0 Å². The molecule has 1 rings (SSSR count). The number of likely N-dealkylation sites (N-methyl/N-ethyl adjacent to an activating group) is 1. The summed E-state index contributed by atoms with van der Waals surface area (Å²) >= 11 is 0. The highest BCUT2D eigenvalue weighted by Gasteiger charge is 2.01. The standard InChI is InChI=1S/C15H26N2O/c1-13(2)16-11-14-6-5-7-15(10-14)12-17(3)8-9-18-4/h5-7,10,13,16H,8-9,11-12H2,1-4H3. The van der Waals surface area contributed by atoms with E-state index in [2.05, 4.69) is 55.4 Å². The van der Waals surface area contributed by atoms with Crippen molar-refractivity contribution in [3.05, 3.63) is 35.4 Å². The van der Waals surface area contributed by atoms with Gasteiger partial charge in [0.05, 0.1) is 6.61 Å². The Hall–Kier alpha value is -0.900. The van der Waals surface area contributed by atoms with Crippen molar-refractivity contribution in [2.75, 3.05) is 27.3 Å². The Balaban J connectivity index is 2.48. The molecular weight excluding hydrogens is 224 g/mol. The van der Waals surface area contributed by atoms with Crippen molar-refractivity contribution in [3.63, 3.8) is 0 Å². The van der Waals surface area contributed by atoms with E-state index in [0.717, 1.165) is 26.2 Å². The lowest BCUT2D eigenvalue weighted by atomic mass is 10.1. The van der Waals surface area contributed by atoms with Crippen LogP contribution in [0.15, 0.2) is 24.3 Å². The molecule has 0 spiro atoms. The average Bonchev–Trinajstić information content (AvgIpc) is 2.34. The van der Waals surface area contributed by atoms with Crippen LogP contribution in [0.4, 0.5) is 0 Å². The molecule has 0 heterocycles. The van der Waals surface area contributed by atoms with E-state index >= 15 is 0 Å². The van der Waals surface area contributed by atoms with E-state index in [1.807, 2.05) is 0 Å². The van der Waals surface area contributed by atoms with E-state index in [1.165, 1.54) is 11.1 Å². The topological polar surface area (TPSA) is 24.5 Å². The average molecular weight is 250 g/mol. The second-order valence-corrected chi connectivity index (χ2v) is 5.09. The zero-order valence-corrected chi connectivity index (χ0v) is 12.1. The Morgan fingerprint density at radius 2 is 2.00 bits per heavy atom. The summed E-state index contributed by atoms with van der Waals surface area (Å²) in [5.41, 5.74) is 2.71. The van der Waals surface area contributed by atoms with Crippen LogP contribution in [0.3, 0.4) is 0 Å². The van der Waals surface area contributed by atoms with Crippen LogP contribution in [0, 0.1) is 0 Å². The number of methoxy groups -OCH3 is 1. The summed E-state index contributed by atoms with van der Waals surface area (Å²) in [4.78, 5) is 2.28. The molecule has 0 aromatic heterocycles. The lowest BCUT2D eigenvalue weighted by molar-refractivity contribution is 0.158. The molecule has 18 heavy (non-hydrogen) atoms. The molecule has 0 aliphatic rings. The summed E-state index contributed by atoms with van der Waals surface area (Å²) in [7, 11) is 3.87. The summed E-state index contributed by atoms with van der Waals surface area (Å²) in [6, 6.07) is 9.30. The molecule has 0 aliphatic carbocycles. The molecule has 3 heteroatoms. The van der Waals surface area contributed by atoms with Crippen LogP contribution in [0.2, 0.25) is 0 Å². The molecule has 3 nitrogen and oxygen atoms in total. The molecule has 0 aliphatic heterocycles. The van der Waals surface area contributed by atoms with Gasteiger partial charge in [0.25, 0.3) is 0 Å². The highest BCUT2D eigenvalue weighted by Crippen LogP contribution is 2.07. The van der Waals surface area contributed by atoms with Gasteiger partial charge in [-0.2, -0.15) is 0 Å². The smallest absolute Gasteiger partial charge is 0.0589 e. The molecule has 0 saturated carbocycles. The van der Waals surface area contributed by atoms with Gasteiger partial charge >= 0.3 is 0 Å². The Labute approximate surface area is 111 Å². The maximum absolute atomic E-state index is 5.09. The van der Waals surface area contributed by atoms with Crippen molar-refractivity contribution in [1.29, 1.82) is 0 Å². The van der Waals surface area contributed by atoms with E-state index in [0.29, 0.717) is 6.04 Å². The van der Waals surface area contributed by atoms with Gasteiger partial charge in [-0.3, -0.25) is 4.90 Å². The lowest BCUT2D eigenvalue weighted by Crippen LogP contribution is -2.23. The van der Waals surface area contributed by atoms with Crippen molar-refractivity contribution >= 4 is 0 Å².